The molecule has 1 amide bonds. The van der Waals surface area contributed by atoms with Crippen molar-refractivity contribution in [3.63, 3.8) is 0 Å². The van der Waals surface area contributed by atoms with Gasteiger partial charge in [0.15, 0.2) is 24.0 Å². The molecule has 1 aromatic heterocycles. The second-order valence-electron chi connectivity index (χ2n) is 5.68. The minimum Gasteiger partial charge on any atom is -0.481 e. The van der Waals surface area contributed by atoms with E-state index in [1.54, 1.807) is 25.3 Å². The molecule has 0 spiro atoms. The van der Waals surface area contributed by atoms with Crippen LogP contribution in [0.4, 0.5) is 4.39 Å². The standard InChI is InChI=1S/C18H19FN2O3/c1-2-20-18(23)11-24-17-7-6-12(10-14(17)19)21-9-8-13-15(21)4-3-5-16(13)22/h6-10H,2-5,11H2,1H3,(H,20,23). The van der Waals surface area contributed by atoms with Gasteiger partial charge < -0.3 is 14.6 Å². The van der Waals surface area contributed by atoms with Crippen molar-refractivity contribution in [3.05, 3.63) is 47.5 Å². The number of carbonyl (C=O) groups is 2. The Labute approximate surface area is 139 Å². The summed E-state index contributed by atoms with van der Waals surface area (Å²) in [5.41, 5.74) is 2.27. The van der Waals surface area contributed by atoms with Crippen LogP contribution >= 0.6 is 0 Å². The highest BCUT2D eigenvalue weighted by molar-refractivity contribution is 5.98. The zero-order chi connectivity index (χ0) is 17.1. The van der Waals surface area contributed by atoms with Gasteiger partial charge in [-0.25, -0.2) is 4.39 Å². The van der Waals surface area contributed by atoms with Crippen LogP contribution in [0.25, 0.3) is 5.69 Å². The number of ketones is 1. The highest BCUT2D eigenvalue weighted by Gasteiger charge is 2.21. The van der Waals surface area contributed by atoms with Gasteiger partial charge in [0, 0.05) is 42.2 Å². The van der Waals surface area contributed by atoms with Crippen molar-refractivity contribution < 1.29 is 18.7 Å². The van der Waals surface area contributed by atoms with E-state index in [1.807, 2.05) is 4.57 Å². The van der Waals surface area contributed by atoms with Crippen LogP contribution < -0.4 is 10.1 Å². The molecule has 3 rings (SSSR count). The first-order valence-electron chi connectivity index (χ1n) is 8.03. The number of amides is 1. The molecule has 24 heavy (non-hydrogen) atoms. The van der Waals surface area contributed by atoms with Crippen molar-refractivity contribution >= 4 is 11.7 Å². The Kier molecular flexibility index (Phi) is 4.64. The number of rotatable bonds is 5. The third-order valence-corrected chi connectivity index (χ3v) is 4.04. The van der Waals surface area contributed by atoms with Gasteiger partial charge in [0.2, 0.25) is 0 Å². The summed E-state index contributed by atoms with van der Waals surface area (Å²) in [6.45, 7) is 2.08. The molecule has 5 nitrogen and oxygen atoms in total. The Morgan fingerprint density at radius 1 is 1.33 bits per heavy atom. The Morgan fingerprint density at radius 3 is 2.92 bits per heavy atom. The number of hydrogen-bond donors (Lipinski definition) is 1. The lowest BCUT2D eigenvalue weighted by Gasteiger charge is -2.15. The normalized spacial score (nSPS) is 13.5. The molecule has 0 unspecified atom stereocenters. The summed E-state index contributed by atoms with van der Waals surface area (Å²) >= 11 is 0. The quantitative estimate of drug-likeness (QED) is 0.917. The molecule has 0 fully saturated rings. The fourth-order valence-electron chi connectivity index (χ4n) is 2.92. The minimum atomic E-state index is -0.540. The molecule has 1 aliphatic rings. The molecule has 0 bridgehead atoms. The van der Waals surface area contributed by atoms with E-state index >= 15 is 0 Å². The van der Waals surface area contributed by atoms with Gasteiger partial charge in [-0.1, -0.05) is 0 Å². The van der Waals surface area contributed by atoms with Gasteiger partial charge in [-0.3, -0.25) is 9.59 Å². The zero-order valence-electron chi connectivity index (χ0n) is 13.5. The van der Waals surface area contributed by atoms with Crippen LogP contribution in [0.5, 0.6) is 5.75 Å². The van der Waals surface area contributed by atoms with E-state index in [4.69, 9.17) is 4.74 Å². The Morgan fingerprint density at radius 2 is 2.17 bits per heavy atom. The molecule has 1 heterocycles. The molecule has 1 aliphatic carbocycles. The highest BCUT2D eigenvalue weighted by Crippen LogP contribution is 2.27. The van der Waals surface area contributed by atoms with Crippen molar-refractivity contribution in [3.8, 4) is 11.4 Å². The second-order valence-corrected chi connectivity index (χ2v) is 5.68. The average molecular weight is 330 g/mol. The fraction of sp³-hybridized carbons (Fsp3) is 0.333. The maximum atomic E-state index is 14.3. The number of Topliss-reactive ketones (excluding diaryl/α,β-unsaturated/α-hetero) is 1. The largest absolute Gasteiger partial charge is 0.481 e. The number of hydrogen-bond acceptors (Lipinski definition) is 3. The second kappa shape index (κ2) is 6.86. The van der Waals surface area contributed by atoms with Crippen LogP contribution in [-0.4, -0.2) is 29.4 Å². The van der Waals surface area contributed by atoms with E-state index in [0.29, 0.717) is 18.7 Å². The molecular weight excluding hydrogens is 311 g/mol. The van der Waals surface area contributed by atoms with Gasteiger partial charge >= 0.3 is 0 Å². The summed E-state index contributed by atoms with van der Waals surface area (Å²) in [7, 11) is 0. The molecule has 126 valence electrons. The third kappa shape index (κ3) is 3.18. The maximum absolute atomic E-state index is 14.3. The monoisotopic (exact) mass is 330 g/mol. The summed E-state index contributed by atoms with van der Waals surface area (Å²) in [6, 6.07) is 6.36. The van der Waals surface area contributed by atoms with E-state index in [0.717, 1.165) is 24.1 Å². The van der Waals surface area contributed by atoms with E-state index in [-0.39, 0.29) is 24.0 Å². The van der Waals surface area contributed by atoms with Gasteiger partial charge in [-0.2, -0.15) is 0 Å². The lowest BCUT2D eigenvalue weighted by Crippen LogP contribution is -2.28. The van der Waals surface area contributed by atoms with Gasteiger partial charge in [0.05, 0.1) is 0 Å². The van der Waals surface area contributed by atoms with Crippen molar-refractivity contribution in [1.82, 2.24) is 9.88 Å². The van der Waals surface area contributed by atoms with Crippen molar-refractivity contribution in [1.29, 1.82) is 0 Å². The third-order valence-electron chi connectivity index (χ3n) is 4.04. The zero-order valence-corrected chi connectivity index (χ0v) is 13.5. The first kappa shape index (κ1) is 16.2. The average Bonchev–Trinajstić information content (AvgIpc) is 2.99. The van der Waals surface area contributed by atoms with Crippen LogP contribution in [-0.2, 0) is 11.2 Å². The molecule has 6 heteroatoms. The van der Waals surface area contributed by atoms with Crippen molar-refractivity contribution in [2.75, 3.05) is 13.2 Å². The Bertz CT molecular complexity index is 783. The number of nitrogens with zero attached hydrogens (tertiary/aromatic N) is 1. The van der Waals surface area contributed by atoms with E-state index < -0.39 is 5.82 Å². The number of fused-ring (bicyclic) bond motifs is 1. The van der Waals surface area contributed by atoms with Gasteiger partial charge in [0.25, 0.3) is 5.91 Å². The lowest BCUT2D eigenvalue weighted by molar-refractivity contribution is -0.123. The smallest absolute Gasteiger partial charge is 0.257 e. The van der Waals surface area contributed by atoms with E-state index in [2.05, 4.69) is 5.32 Å². The van der Waals surface area contributed by atoms with Gasteiger partial charge in [-0.05, 0) is 38.0 Å². The summed E-state index contributed by atoms with van der Waals surface area (Å²) in [6.07, 6.45) is 3.97. The van der Waals surface area contributed by atoms with E-state index in [9.17, 15) is 14.0 Å². The number of likely N-dealkylation sites (N-methyl/N-ethyl adjacent to an activating group) is 1. The van der Waals surface area contributed by atoms with Crippen molar-refractivity contribution in [2.24, 2.45) is 0 Å². The van der Waals surface area contributed by atoms with Crippen LogP contribution in [0.2, 0.25) is 0 Å². The molecular formula is C18H19FN2O3. The van der Waals surface area contributed by atoms with Crippen LogP contribution in [0.1, 0.15) is 35.8 Å². The highest BCUT2D eigenvalue weighted by atomic mass is 19.1. The first-order valence-corrected chi connectivity index (χ1v) is 8.03. The Balaban J connectivity index is 1.80. The number of nitrogens with one attached hydrogen (secondary N) is 1. The molecule has 0 saturated heterocycles. The minimum absolute atomic E-state index is 0.0297. The summed E-state index contributed by atoms with van der Waals surface area (Å²) in [4.78, 5) is 23.3. The number of halogens is 1. The van der Waals surface area contributed by atoms with Gasteiger partial charge in [0.1, 0.15) is 0 Å². The van der Waals surface area contributed by atoms with Crippen molar-refractivity contribution in [2.45, 2.75) is 26.2 Å². The number of ether oxygens (including phenoxy) is 1. The summed E-state index contributed by atoms with van der Waals surface area (Å²) in [5, 5.41) is 2.58. The topological polar surface area (TPSA) is 60.3 Å². The summed E-state index contributed by atoms with van der Waals surface area (Å²) in [5.74, 6) is -0.667. The molecule has 2 aromatic rings. The molecule has 1 N–H and O–H groups in total. The molecule has 0 saturated carbocycles. The van der Waals surface area contributed by atoms with Gasteiger partial charge in [-0.15, -0.1) is 0 Å². The first-order chi connectivity index (χ1) is 11.6. The molecule has 1 aromatic carbocycles. The maximum Gasteiger partial charge on any atom is 0.257 e. The lowest BCUT2D eigenvalue weighted by atomic mass is 9.97. The molecule has 0 aliphatic heterocycles. The number of carbonyl (C=O) groups excluding carboxylic acids is 2. The predicted octanol–water partition coefficient (Wildman–Crippen LogP) is 2.65. The number of benzene rings is 1. The van der Waals surface area contributed by atoms with Crippen LogP contribution in [0.3, 0.4) is 0 Å². The fourth-order valence-corrected chi connectivity index (χ4v) is 2.92. The van der Waals surface area contributed by atoms with Crippen LogP contribution in [0.15, 0.2) is 30.5 Å². The van der Waals surface area contributed by atoms with E-state index in [1.165, 1.54) is 12.1 Å². The molecule has 0 atom stereocenters. The predicted molar refractivity (Wildman–Crippen MR) is 87.2 cm³/mol. The number of aromatic nitrogens is 1. The summed E-state index contributed by atoms with van der Waals surface area (Å²) < 4.78 is 21.3. The van der Waals surface area contributed by atoms with Crippen LogP contribution in [0, 0.1) is 5.82 Å². The molecule has 0 radical (unpaired) electrons. The SMILES string of the molecule is CCNC(=O)COc1ccc(-n2ccc3c2CCCC3=O)cc1F. The Hall–Kier alpha value is -2.63.